The van der Waals surface area contributed by atoms with Crippen molar-refractivity contribution in [2.24, 2.45) is 0 Å². The van der Waals surface area contributed by atoms with Crippen LogP contribution in [0.15, 0.2) is 0 Å². The largest absolute Gasteiger partial charge is 0.418 e. The van der Waals surface area contributed by atoms with E-state index in [-0.39, 0.29) is 0 Å². The predicted molar refractivity (Wildman–Crippen MR) is 48.8 cm³/mol. The fraction of sp³-hybridized carbons (Fsp3) is 0.875. The number of unbranched alkanes of at least 4 members (excludes halogenated alkanes) is 2. The van der Waals surface area contributed by atoms with Crippen molar-refractivity contribution in [1.82, 2.24) is 0 Å². The molecule has 0 aromatic carbocycles. The van der Waals surface area contributed by atoms with E-state index < -0.39 is 8.32 Å². The molecule has 64 valence electrons. The zero-order chi connectivity index (χ0) is 8.74. The minimum atomic E-state index is -1.30. The van der Waals surface area contributed by atoms with Gasteiger partial charge in [-0.2, -0.15) is 5.26 Å². The van der Waals surface area contributed by atoms with E-state index >= 15 is 0 Å². The Morgan fingerprint density at radius 1 is 1.27 bits per heavy atom. The van der Waals surface area contributed by atoms with Crippen molar-refractivity contribution in [2.75, 3.05) is 6.61 Å². The number of nitriles is 1. The Bertz CT molecular complexity index is 134. The van der Waals surface area contributed by atoms with Gasteiger partial charge in [0.1, 0.15) is 0 Å². The standard InChI is InChI=1S/C8H17NOSi/c1-11(2,3)10-8-6-4-5-7-9/h4-6,8H2,1-3H3. The first-order valence-electron chi connectivity index (χ1n) is 4.07. The van der Waals surface area contributed by atoms with Gasteiger partial charge in [0.2, 0.25) is 0 Å². The van der Waals surface area contributed by atoms with Crippen LogP contribution < -0.4 is 0 Å². The molecule has 0 aliphatic carbocycles. The zero-order valence-corrected chi connectivity index (χ0v) is 8.68. The summed E-state index contributed by atoms with van der Waals surface area (Å²) in [5.41, 5.74) is 0. The van der Waals surface area contributed by atoms with Crippen LogP contribution in [0.4, 0.5) is 0 Å². The Balaban J connectivity index is 3.10. The molecule has 0 aliphatic rings. The molecule has 0 atom stereocenters. The molecule has 0 N–H and O–H groups in total. The highest BCUT2D eigenvalue weighted by Crippen LogP contribution is 2.04. The average Bonchev–Trinajstić information content (AvgIpc) is 1.85. The van der Waals surface area contributed by atoms with Crippen LogP contribution in [0.1, 0.15) is 19.3 Å². The molecule has 0 aromatic rings. The molecule has 0 aliphatic heterocycles. The fourth-order valence-electron chi connectivity index (χ4n) is 0.684. The molecule has 0 heterocycles. The lowest BCUT2D eigenvalue weighted by Crippen LogP contribution is -2.25. The summed E-state index contributed by atoms with van der Waals surface area (Å²) in [6.45, 7) is 7.36. The molecule has 0 rings (SSSR count). The SMILES string of the molecule is C[Si](C)(C)OCCCCC#N. The quantitative estimate of drug-likeness (QED) is 0.470. The van der Waals surface area contributed by atoms with E-state index in [4.69, 9.17) is 9.69 Å². The maximum atomic E-state index is 8.24. The second-order valence-corrected chi connectivity index (χ2v) is 8.09. The number of hydrogen-bond acceptors (Lipinski definition) is 2. The first-order valence-corrected chi connectivity index (χ1v) is 7.48. The monoisotopic (exact) mass is 171 g/mol. The van der Waals surface area contributed by atoms with Gasteiger partial charge in [-0.25, -0.2) is 0 Å². The third-order valence-electron chi connectivity index (χ3n) is 1.22. The molecule has 0 saturated heterocycles. The van der Waals surface area contributed by atoms with Gasteiger partial charge in [-0.1, -0.05) is 0 Å². The van der Waals surface area contributed by atoms with Gasteiger partial charge in [-0.05, 0) is 32.5 Å². The van der Waals surface area contributed by atoms with E-state index in [9.17, 15) is 0 Å². The molecule has 0 amide bonds. The molecular weight excluding hydrogens is 154 g/mol. The Hall–Kier alpha value is -0.333. The van der Waals surface area contributed by atoms with E-state index in [1.807, 2.05) is 0 Å². The van der Waals surface area contributed by atoms with Gasteiger partial charge in [0.05, 0.1) is 6.07 Å². The third-order valence-corrected chi connectivity index (χ3v) is 2.29. The molecule has 0 fully saturated rings. The lowest BCUT2D eigenvalue weighted by molar-refractivity contribution is 0.301. The summed E-state index contributed by atoms with van der Waals surface area (Å²) < 4.78 is 5.61. The smallest absolute Gasteiger partial charge is 0.183 e. The van der Waals surface area contributed by atoms with Gasteiger partial charge in [0.25, 0.3) is 0 Å². The average molecular weight is 171 g/mol. The summed E-state index contributed by atoms with van der Waals surface area (Å²) in [7, 11) is -1.30. The van der Waals surface area contributed by atoms with E-state index in [0.717, 1.165) is 19.4 Å². The highest BCUT2D eigenvalue weighted by Gasteiger charge is 2.12. The van der Waals surface area contributed by atoms with Gasteiger partial charge >= 0.3 is 0 Å². The molecule has 0 bridgehead atoms. The van der Waals surface area contributed by atoms with Crippen molar-refractivity contribution in [3.63, 3.8) is 0 Å². The van der Waals surface area contributed by atoms with Gasteiger partial charge in [0, 0.05) is 13.0 Å². The Labute approximate surface area is 70.3 Å². The van der Waals surface area contributed by atoms with Crippen LogP contribution in [0.2, 0.25) is 19.6 Å². The maximum Gasteiger partial charge on any atom is 0.183 e. The van der Waals surface area contributed by atoms with Gasteiger partial charge in [-0.15, -0.1) is 0 Å². The molecule has 3 heteroatoms. The summed E-state index contributed by atoms with van der Waals surface area (Å²) in [6, 6.07) is 2.12. The molecule has 0 aromatic heterocycles. The van der Waals surface area contributed by atoms with E-state index in [1.165, 1.54) is 0 Å². The van der Waals surface area contributed by atoms with Gasteiger partial charge < -0.3 is 4.43 Å². The fourth-order valence-corrected chi connectivity index (χ4v) is 1.44. The van der Waals surface area contributed by atoms with Gasteiger partial charge in [-0.3, -0.25) is 0 Å². The number of rotatable bonds is 5. The maximum absolute atomic E-state index is 8.24. The zero-order valence-electron chi connectivity index (χ0n) is 7.68. The molecule has 0 radical (unpaired) electrons. The van der Waals surface area contributed by atoms with Crippen LogP contribution in [0, 0.1) is 11.3 Å². The summed E-state index contributed by atoms with van der Waals surface area (Å²) in [5.74, 6) is 0. The molecular formula is C8H17NOSi. The summed E-state index contributed by atoms with van der Waals surface area (Å²) in [6.07, 6.45) is 2.66. The topological polar surface area (TPSA) is 33.0 Å². The molecule has 2 nitrogen and oxygen atoms in total. The van der Waals surface area contributed by atoms with Crippen molar-refractivity contribution in [3.8, 4) is 6.07 Å². The minimum Gasteiger partial charge on any atom is -0.418 e. The van der Waals surface area contributed by atoms with Crippen LogP contribution in [-0.2, 0) is 4.43 Å². The predicted octanol–water partition coefficient (Wildman–Crippen LogP) is 2.53. The highest BCUT2D eigenvalue weighted by molar-refractivity contribution is 6.69. The van der Waals surface area contributed by atoms with Crippen molar-refractivity contribution < 1.29 is 4.43 Å². The van der Waals surface area contributed by atoms with Crippen molar-refractivity contribution in [1.29, 1.82) is 5.26 Å². The third kappa shape index (κ3) is 9.67. The molecule has 0 saturated carbocycles. The van der Waals surface area contributed by atoms with Crippen LogP contribution in [0.25, 0.3) is 0 Å². The minimum absolute atomic E-state index is 0.662. The van der Waals surface area contributed by atoms with Crippen LogP contribution in [0.5, 0.6) is 0 Å². The second-order valence-electron chi connectivity index (χ2n) is 3.58. The Morgan fingerprint density at radius 2 is 1.91 bits per heavy atom. The first-order chi connectivity index (χ1) is 5.06. The second kappa shape index (κ2) is 5.33. The lowest BCUT2D eigenvalue weighted by Gasteiger charge is -2.16. The molecule has 11 heavy (non-hydrogen) atoms. The summed E-state index contributed by atoms with van der Waals surface area (Å²) in [5, 5.41) is 8.24. The molecule has 0 unspecified atom stereocenters. The van der Waals surface area contributed by atoms with Crippen LogP contribution in [0.3, 0.4) is 0 Å². The van der Waals surface area contributed by atoms with E-state index in [0.29, 0.717) is 6.42 Å². The molecule has 0 spiro atoms. The summed E-state index contributed by atoms with van der Waals surface area (Å²) >= 11 is 0. The van der Waals surface area contributed by atoms with Crippen LogP contribution >= 0.6 is 0 Å². The highest BCUT2D eigenvalue weighted by atomic mass is 28.4. The van der Waals surface area contributed by atoms with Crippen LogP contribution in [-0.4, -0.2) is 14.9 Å². The van der Waals surface area contributed by atoms with Crippen molar-refractivity contribution in [3.05, 3.63) is 0 Å². The Morgan fingerprint density at radius 3 is 2.36 bits per heavy atom. The first kappa shape index (κ1) is 10.7. The van der Waals surface area contributed by atoms with Gasteiger partial charge in [0.15, 0.2) is 8.32 Å². The Kier molecular flexibility index (Phi) is 5.17. The normalized spacial score (nSPS) is 11.1. The van der Waals surface area contributed by atoms with Crippen molar-refractivity contribution >= 4 is 8.32 Å². The van der Waals surface area contributed by atoms with Crippen molar-refractivity contribution in [2.45, 2.75) is 38.9 Å². The lowest BCUT2D eigenvalue weighted by atomic mass is 10.3. The van der Waals surface area contributed by atoms with E-state index in [1.54, 1.807) is 0 Å². The van der Waals surface area contributed by atoms with E-state index in [2.05, 4.69) is 25.7 Å². The summed E-state index contributed by atoms with van der Waals surface area (Å²) in [4.78, 5) is 0. The number of nitrogens with zero attached hydrogens (tertiary/aromatic N) is 1. The number of hydrogen-bond donors (Lipinski definition) is 0.